The molecule has 4 nitrogen and oxygen atoms in total. The van der Waals surface area contributed by atoms with Gasteiger partial charge in [0.05, 0.1) is 0 Å². The van der Waals surface area contributed by atoms with E-state index in [4.69, 9.17) is 9.68 Å². The number of carbonyl (C=O) groups excluding carboxylic acids is 1. The van der Waals surface area contributed by atoms with Gasteiger partial charge in [0.2, 0.25) is 0 Å². The van der Waals surface area contributed by atoms with Crippen LogP contribution in [0.5, 0.6) is 0 Å². The van der Waals surface area contributed by atoms with Gasteiger partial charge in [0.15, 0.2) is 6.54 Å². The molecule has 0 saturated carbocycles. The molecule has 0 aliphatic rings. The number of carbonyl (C=O) groups is 1. The minimum absolute atomic E-state index is 0. The van der Waals surface area contributed by atoms with Crippen LogP contribution in [0.4, 0.5) is 0 Å². The monoisotopic (exact) mass is 223 g/mol. The first-order valence-electron chi connectivity index (χ1n) is 4.44. The standard InChI is InChI=1S/C9H18NO3.ClH/c1-5-8-10(4,12-7-3)13-9(11)6-2;/h6H,2,5,7-8H2,1,3-4H3;1H/q+1;/p-1. The molecule has 14 heavy (non-hydrogen) atoms. The molecule has 0 aliphatic carbocycles. The van der Waals surface area contributed by atoms with E-state index in [0.29, 0.717) is 13.2 Å². The highest BCUT2D eigenvalue weighted by Gasteiger charge is 2.27. The molecule has 0 saturated heterocycles. The van der Waals surface area contributed by atoms with Crippen LogP contribution < -0.4 is 12.4 Å². The number of hydrogen-bond acceptors (Lipinski definition) is 3. The molecule has 0 spiro atoms. The van der Waals surface area contributed by atoms with E-state index >= 15 is 0 Å². The molecule has 0 aliphatic heterocycles. The Labute approximate surface area is 91.4 Å². The maximum absolute atomic E-state index is 10.9. The highest BCUT2D eigenvalue weighted by atomic mass is 35.5. The van der Waals surface area contributed by atoms with Crippen molar-refractivity contribution in [1.82, 2.24) is 0 Å². The zero-order valence-corrected chi connectivity index (χ0v) is 9.71. The molecule has 0 N–H and O–H groups in total. The van der Waals surface area contributed by atoms with Gasteiger partial charge in [-0.3, -0.25) is 0 Å². The lowest BCUT2D eigenvalue weighted by Crippen LogP contribution is -3.00. The van der Waals surface area contributed by atoms with Crippen LogP contribution in [0.3, 0.4) is 0 Å². The Kier molecular flexibility index (Phi) is 8.83. The van der Waals surface area contributed by atoms with E-state index < -0.39 is 5.97 Å². The Balaban J connectivity index is 0. The molecule has 0 aromatic carbocycles. The molecular formula is C9H18ClNO3. The Morgan fingerprint density at radius 2 is 2.07 bits per heavy atom. The Morgan fingerprint density at radius 1 is 1.50 bits per heavy atom. The van der Waals surface area contributed by atoms with Gasteiger partial charge in [0.25, 0.3) is 0 Å². The van der Waals surface area contributed by atoms with Crippen LogP contribution in [0.15, 0.2) is 12.7 Å². The van der Waals surface area contributed by atoms with E-state index in [-0.39, 0.29) is 17.2 Å². The Bertz CT molecular complexity index is 179. The fourth-order valence-electron chi connectivity index (χ4n) is 1.04. The van der Waals surface area contributed by atoms with E-state index in [1.54, 1.807) is 7.05 Å². The van der Waals surface area contributed by atoms with Crippen molar-refractivity contribution in [3.05, 3.63) is 12.7 Å². The van der Waals surface area contributed by atoms with Crippen molar-refractivity contribution in [2.75, 3.05) is 20.2 Å². The molecule has 0 heterocycles. The molecule has 0 aromatic rings. The van der Waals surface area contributed by atoms with Gasteiger partial charge in [-0.15, -0.1) is 0 Å². The second-order valence-corrected chi connectivity index (χ2v) is 2.77. The maximum Gasteiger partial charge on any atom is 0.394 e. The lowest BCUT2D eigenvalue weighted by molar-refractivity contribution is -1.22. The summed E-state index contributed by atoms with van der Waals surface area (Å²) in [5.74, 6) is -0.468. The van der Waals surface area contributed by atoms with Gasteiger partial charge in [-0.1, -0.05) is 13.5 Å². The van der Waals surface area contributed by atoms with Gasteiger partial charge in [-0.2, -0.15) is 4.84 Å². The molecule has 0 radical (unpaired) electrons. The van der Waals surface area contributed by atoms with Gasteiger partial charge < -0.3 is 12.4 Å². The third kappa shape index (κ3) is 5.96. The van der Waals surface area contributed by atoms with Gasteiger partial charge in [-0.05, 0) is 6.92 Å². The van der Waals surface area contributed by atoms with E-state index in [1.807, 2.05) is 13.8 Å². The number of nitrogens with zero attached hydrogens (tertiary/aromatic N) is 1. The average molecular weight is 224 g/mol. The SMILES string of the molecule is C=CC(=O)O[N+](C)(CCC)OCC.[Cl-]. The molecule has 1 unspecified atom stereocenters. The summed E-state index contributed by atoms with van der Waals surface area (Å²) in [7, 11) is 1.70. The summed E-state index contributed by atoms with van der Waals surface area (Å²) in [6.45, 7) is 8.31. The minimum atomic E-state index is -0.468. The highest BCUT2D eigenvalue weighted by Crippen LogP contribution is 2.07. The summed E-state index contributed by atoms with van der Waals surface area (Å²) >= 11 is 0. The van der Waals surface area contributed by atoms with Gasteiger partial charge in [-0.25, -0.2) is 9.63 Å². The lowest BCUT2D eigenvalue weighted by Gasteiger charge is -2.26. The first kappa shape index (κ1) is 15.9. The van der Waals surface area contributed by atoms with E-state index in [1.165, 1.54) is 0 Å². The van der Waals surface area contributed by atoms with Crippen LogP contribution in [0.25, 0.3) is 0 Å². The maximum atomic E-state index is 10.9. The summed E-state index contributed by atoms with van der Waals surface area (Å²) < 4.78 is 0. The zero-order chi connectivity index (χ0) is 10.3. The summed E-state index contributed by atoms with van der Waals surface area (Å²) in [4.78, 5) is 21.1. The minimum Gasteiger partial charge on any atom is -1.00 e. The van der Waals surface area contributed by atoms with Crippen molar-refractivity contribution < 1.29 is 31.7 Å². The van der Waals surface area contributed by atoms with Gasteiger partial charge >= 0.3 is 5.97 Å². The first-order chi connectivity index (χ1) is 6.08. The van der Waals surface area contributed by atoms with Crippen molar-refractivity contribution >= 4 is 5.97 Å². The first-order valence-corrected chi connectivity index (χ1v) is 4.44. The summed E-state index contributed by atoms with van der Waals surface area (Å²) in [5, 5.41) is 0. The van der Waals surface area contributed by atoms with Crippen LogP contribution in [-0.2, 0) is 14.5 Å². The Hall–Kier alpha value is -0.580. The number of hydroxylamine groups is 4. The Morgan fingerprint density at radius 3 is 2.43 bits per heavy atom. The molecule has 1 atom stereocenters. The van der Waals surface area contributed by atoms with Crippen molar-refractivity contribution in [3.8, 4) is 0 Å². The fraction of sp³-hybridized carbons (Fsp3) is 0.667. The predicted octanol–water partition coefficient (Wildman–Crippen LogP) is -1.56. The summed E-state index contributed by atoms with van der Waals surface area (Å²) in [6, 6.07) is 0. The molecule has 84 valence electrons. The molecule has 0 aromatic heterocycles. The van der Waals surface area contributed by atoms with Gasteiger partial charge in [0, 0.05) is 17.3 Å². The predicted molar refractivity (Wildman–Crippen MR) is 49.3 cm³/mol. The molecule has 0 rings (SSSR count). The third-order valence-corrected chi connectivity index (χ3v) is 1.48. The molecule has 5 heteroatoms. The topological polar surface area (TPSA) is 35.5 Å². The van der Waals surface area contributed by atoms with Crippen LogP contribution in [0.2, 0.25) is 0 Å². The third-order valence-electron chi connectivity index (χ3n) is 1.48. The molecule has 0 bridgehead atoms. The van der Waals surface area contributed by atoms with Crippen LogP contribution in [-0.4, -0.2) is 31.0 Å². The summed E-state index contributed by atoms with van der Waals surface area (Å²) in [6.07, 6.45) is 2.01. The largest absolute Gasteiger partial charge is 1.00 e. The zero-order valence-electron chi connectivity index (χ0n) is 8.96. The van der Waals surface area contributed by atoms with Crippen molar-refractivity contribution in [2.24, 2.45) is 0 Å². The lowest BCUT2D eigenvalue weighted by atomic mass is 10.5. The number of halogens is 1. The van der Waals surface area contributed by atoms with Crippen molar-refractivity contribution in [3.63, 3.8) is 0 Å². The quantitative estimate of drug-likeness (QED) is 0.311. The van der Waals surface area contributed by atoms with E-state index in [9.17, 15) is 4.79 Å². The fourth-order valence-corrected chi connectivity index (χ4v) is 1.04. The number of quaternary nitrogens is 1. The van der Waals surface area contributed by atoms with Gasteiger partial charge in [0.1, 0.15) is 13.7 Å². The second-order valence-electron chi connectivity index (χ2n) is 2.77. The normalized spacial score (nSPS) is 13.6. The number of hydrogen-bond donors (Lipinski definition) is 0. The molecule has 0 fully saturated rings. The molecule has 0 amide bonds. The smallest absolute Gasteiger partial charge is 0.394 e. The molecular weight excluding hydrogens is 206 g/mol. The van der Waals surface area contributed by atoms with Crippen LogP contribution in [0.1, 0.15) is 20.3 Å². The summed E-state index contributed by atoms with van der Waals surface area (Å²) in [5.41, 5.74) is 0. The highest BCUT2D eigenvalue weighted by molar-refractivity contribution is 5.80. The van der Waals surface area contributed by atoms with E-state index in [2.05, 4.69) is 6.58 Å². The average Bonchev–Trinajstić information content (AvgIpc) is 2.04. The van der Waals surface area contributed by atoms with Crippen LogP contribution >= 0.6 is 0 Å². The van der Waals surface area contributed by atoms with Crippen molar-refractivity contribution in [1.29, 1.82) is 0 Å². The van der Waals surface area contributed by atoms with E-state index in [0.717, 1.165) is 12.5 Å². The van der Waals surface area contributed by atoms with Crippen LogP contribution in [0, 0.1) is 0 Å². The number of rotatable bonds is 6. The van der Waals surface area contributed by atoms with Crippen molar-refractivity contribution in [2.45, 2.75) is 20.3 Å². The second kappa shape index (κ2) is 7.79.